The maximum atomic E-state index is 14.3. The van der Waals surface area contributed by atoms with E-state index in [1.165, 1.54) is 0 Å². The number of fused-ring (bicyclic) bond motifs is 1. The van der Waals surface area contributed by atoms with E-state index in [4.69, 9.17) is 0 Å². The Morgan fingerprint density at radius 1 is 0.919 bits per heavy atom. The van der Waals surface area contributed by atoms with Crippen molar-refractivity contribution in [3.05, 3.63) is 82.0 Å². The average molecular weight is 515 g/mol. The van der Waals surface area contributed by atoms with Crippen molar-refractivity contribution in [3.63, 3.8) is 0 Å². The summed E-state index contributed by atoms with van der Waals surface area (Å²) in [4.78, 5) is 36.0. The Morgan fingerprint density at radius 3 is 2.41 bits per heavy atom. The van der Waals surface area contributed by atoms with Gasteiger partial charge in [-0.3, -0.25) is 9.59 Å². The lowest BCUT2D eigenvalue weighted by atomic mass is 9.80. The summed E-state index contributed by atoms with van der Waals surface area (Å²) in [6.45, 7) is 3.85. The fraction of sp³-hybridized carbons (Fsp3) is 0.400. The lowest BCUT2D eigenvalue weighted by Gasteiger charge is -2.44. The molecule has 192 valence electrons. The summed E-state index contributed by atoms with van der Waals surface area (Å²) in [5.74, 6) is -0.473. The van der Waals surface area contributed by atoms with Crippen LogP contribution in [0.25, 0.3) is 0 Å². The molecule has 1 aromatic heterocycles. The number of carbonyl (C=O) groups excluding carboxylic acids is 2. The molecule has 2 fully saturated rings. The lowest BCUT2D eigenvalue weighted by Crippen LogP contribution is -2.49. The van der Waals surface area contributed by atoms with Gasteiger partial charge in [0.1, 0.15) is 0 Å². The van der Waals surface area contributed by atoms with Gasteiger partial charge in [-0.15, -0.1) is 11.3 Å². The molecule has 7 heteroatoms. The largest absolute Gasteiger partial charge is 0.367 e. The second kappa shape index (κ2) is 10.3. The summed E-state index contributed by atoms with van der Waals surface area (Å²) < 4.78 is 0. The van der Waals surface area contributed by atoms with Crippen molar-refractivity contribution < 1.29 is 9.59 Å². The fourth-order valence-corrected chi connectivity index (χ4v) is 7.15. The third-order valence-electron chi connectivity index (χ3n) is 8.22. The monoisotopic (exact) mass is 514 g/mol. The molecule has 6 nitrogen and oxygen atoms in total. The minimum atomic E-state index is -0.478. The molecule has 2 aromatic carbocycles. The highest BCUT2D eigenvalue weighted by Crippen LogP contribution is 2.47. The number of nitrogens with one attached hydrogen (secondary N) is 1. The number of para-hydroxylation sites is 2. The van der Waals surface area contributed by atoms with Gasteiger partial charge in [-0.05, 0) is 55.1 Å². The quantitative estimate of drug-likeness (QED) is 0.498. The van der Waals surface area contributed by atoms with Crippen LogP contribution in [0.1, 0.15) is 58.4 Å². The molecule has 3 aromatic rings. The summed E-state index contributed by atoms with van der Waals surface area (Å²) in [6, 6.07) is 19.8. The number of benzene rings is 2. The maximum Gasteiger partial charge on any atom is 0.254 e. The van der Waals surface area contributed by atoms with E-state index >= 15 is 0 Å². The maximum absolute atomic E-state index is 14.3. The molecule has 6 rings (SSSR count). The van der Waals surface area contributed by atoms with E-state index < -0.39 is 5.92 Å². The molecule has 0 radical (unpaired) electrons. The molecule has 1 aliphatic carbocycles. The molecule has 1 saturated carbocycles. The van der Waals surface area contributed by atoms with Gasteiger partial charge in [0.2, 0.25) is 5.91 Å². The molecule has 0 spiro atoms. The predicted molar refractivity (Wildman–Crippen MR) is 149 cm³/mol. The standard InChI is InChI=1S/C30H34N4O2S/c1-32-16-18-33(19-17-32)25-14-7-6-13-24(25)31-29(35)27-22-11-4-5-12-23(22)30(36)34(21-9-2-3-10-21)28(27)26-15-8-20-37-26/h4-8,11-15,20-21,27-28H,2-3,9-10,16-19H2,1H3,(H,31,35)/t27-,28-/m0/s1. The van der Waals surface area contributed by atoms with Crippen molar-refractivity contribution in [2.24, 2.45) is 0 Å². The third kappa shape index (κ3) is 4.55. The zero-order valence-corrected chi connectivity index (χ0v) is 22.1. The molecule has 2 atom stereocenters. The van der Waals surface area contributed by atoms with Gasteiger partial charge in [-0.25, -0.2) is 0 Å². The first kappa shape index (κ1) is 24.2. The highest BCUT2D eigenvalue weighted by molar-refractivity contribution is 7.10. The van der Waals surface area contributed by atoms with Gasteiger partial charge in [0.25, 0.3) is 5.91 Å². The molecule has 37 heavy (non-hydrogen) atoms. The summed E-state index contributed by atoms with van der Waals surface area (Å²) in [6.07, 6.45) is 4.25. The van der Waals surface area contributed by atoms with Crippen LogP contribution in [-0.4, -0.2) is 60.9 Å². The lowest BCUT2D eigenvalue weighted by molar-refractivity contribution is -0.119. The van der Waals surface area contributed by atoms with Crippen molar-refractivity contribution in [3.8, 4) is 0 Å². The van der Waals surface area contributed by atoms with Gasteiger partial charge in [-0.1, -0.05) is 49.2 Å². The number of carbonyl (C=O) groups is 2. The second-order valence-corrected chi connectivity index (χ2v) is 11.5. The number of hydrogen-bond donors (Lipinski definition) is 1. The van der Waals surface area contributed by atoms with Crippen molar-refractivity contribution in [2.75, 3.05) is 43.4 Å². The summed E-state index contributed by atoms with van der Waals surface area (Å²) in [5.41, 5.74) is 3.39. The van der Waals surface area contributed by atoms with E-state index in [2.05, 4.69) is 39.2 Å². The second-order valence-electron chi connectivity index (χ2n) is 10.5. The number of nitrogens with zero attached hydrogens (tertiary/aromatic N) is 3. The van der Waals surface area contributed by atoms with Crippen LogP contribution in [0.4, 0.5) is 11.4 Å². The van der Waals surface area contributed by atoms with Gasteiger partial charge in [0, 0.05) is 42.7 Å². The zero-order valence-electron chi connectivity index (χ0n) is 21.3. The molecule has 3 aliphatic rings. The zero-order chi connectivity index (χ0) is 25.4. The van der Waals surface area contributed by atoms with Crippen molar-refractivity contribution >= 4 is 34.5 Å². The average Bonchev–Trinajstić information content (AvgIpc) is 3.64. The van der Waals surface area contributed by atoms with Gasteiger partial charge >= 0.3 is 0 Å². The first-order valence-corrected chi connectivity index (χ1v) is 14.3. The Bertz CT molecular complexity index is 1260. The minimum Gasteiger partial charge on any atom is -0.367 e. The van der Waals surface area contributed by atoms with Crippen LogP contribution in [0.2, 0.25) is 0 Å². The van der Waals surface area contributed by atoms with Crippen LogP contribution < -0.4 is 10.2 Å². The Kier molecular flexibility index (Phi) is 6.74. The minimum absolute atomic E-state index is 0.0528. The summed E-state index contributed by atoms with van der Waals surface area (Å²) in [7, 11) is 2.15. The van der Waals surface area contributed by atoms with Crippen LogP contribution in [-0.2, 0) is 4.79 Å². The SMILES string of the molecule is CN1CCN(c2ccccc2NC(=O)[C@H]2c3ccccc3C(=O)N(C3CCCC3)[C@H]2c2cccs2)CC1. The Labute approximate surface area is 222 Å². The molecule has 0 unspecified atom stereocenters. The van der Waals surface area contributed by atoms with Crippen LogP contribution in [0, 0.1) is 0 Å². The number of piperazine rings is 1. The normalized spacial score (nSPS) is 22.8. The smallest absolute Gasteiger partial charge is 0.254 e. The van der Waals surface area contributed by atoms with E-state index in [9.17, 15) is 9.59 Å². The summed E-state index contributed by atoms with van der Waals surface area (Å²) >= 11 is 1.64. The molecule has 1 N–H and O–H groups in total. The highest BCUT2D eigenvalue weighted by Gasteiger charge is 2.47. The van der Waals surface area contributed by atoms with Gasteiger partial charge < -0.3 is 20.0 Å². The number of hydrogen-bond acceptors (Lipinski definition) is 5. The first-order chi connectivity index (χ1) is 18.1. The van der Waals surface area contributed by atoms with Crippen molar-refractivity contribution in [2.45, 2.75) is 43.7 Å². The Morgan fingerprint density at radius 2 is 1.65 bits per heavy atom. The molecule has 3 heterocycles. The van der Waals surface area contributed by atoms with Crippen molar-refractivity contribution in [1.82, 2.24) is 9.80 Å². The number of rotatable bonds is 5. The van der Waals surface area contributed by atoms with Crippen LogP contribution in [0.15, 0.2) is 66.0 Å². The number of anilines is 2. The third-order valence-corrected chi connectivity index (χ3v) is 9.16. The van der Waals surface area contributed by atoms with E-state index in [-0.39, 0.29) is 23.9 Å². The van der Waals surface area contributed by atoms with Crippen LogP contribution >= 0.6 is 11.3 Å². The van der Waals surface area contributed by atoms with E-state index in [0.717, 1.165) is 73.7 Å². The van der Waals surface area contributed by atoms with Gasteiger partial charge in [0.05, 0.1) is 23.3 Å². The Balaban J connectivity index is 1.39. The topological polar surface area (TPSA) is 55.9 Å². The Hall–Kier alpha value is -3.16. The van der Waals surface area contributed by atoms with Gasteiger partial charge in [0.15, 0.2) is 0 Å². The predicted octanol–water partition coefficient (Wildman–Crippen LogP) is 5.36. The fourth-order valence-electron chi connectivity index (χ4n) is 6.29. The molecular formula is C30H34N4O2S. The highest BCUT2D eigenvalue weighted by atomic mass is 32.1. The van der Waals surface area contributed by atoms with Gasteiger partial charge in [-0.2, -0.15) is 0 Å². The number of amides is 2. The van der Waals surface area contributed by atoms with Crippen LogP contribution in [0.5, 0.6) is 0 Å². The molecular weight excluding hydrogens is 480 g/mol. The van der Waals surface area contributed by atoms with E-state index in [0.29, 0.717) is 5.56 Å². The molecule has 0 bridgehead atoms. The van der Waals surface area contributed by atoms with E-state index in [1.54, 1.807) is 11.3 Å². The van der Waals surface area contributed by atoms with Crippen LogP contribution in [0.3, 0.4) is 0 Å². The number of thiophene rings is 1. The molecule has 1 saturated heterocycles. The van der Waals surface area contributed by atoms with Crippen molar-refractivity contribution in [1.29, 1.82) is 0 Å². The summed E-state index contributed by atoms with van der Waals surface area (Å²) in [5, 5.41) is 5.37. The number of likely N-dealkylation sites (N-methyl/N-ethyl adjacent to an activating group) is 1. The van der Waals surface area contributed by atoms with E-state index in [1.807, 2.05) is 53.9 Å². The molecule has 2 aliphatic heterocycles. The first-order valence-electron chi connectivity index (χ1n) is 13.4. The molecule has 2 amide bonds.